The lowest BCUT2D eigenvalue weighted by molar-refractivity contribution is -0.134. The van der Waals surface area contributed by atoms with E-state index in [0.717, 1.165) is 28.8 Å². The number of carbonyl (C=O) groups is 2. The highest BCUT2D eigenvalue weighted by molar-refractivity contribution is 5.81. The maximum atomic E-state index is 13.7. The number of amides is 2. The number of nitrogens with zero attached hydrogens (tertiary/aromatic N) is 2. The van der Waals surface area contributed by atoms with E-state index in [4.69, 9.17) is 4.74 Å². The molecule has 6 nitrogen and oxygen atoms in total. The first-order chi connectivity index (χ1) is 18.4. The first-order valence-corrected chi connectivity index (χ1v) is 13.4. The molecule has 0 fully saturated rings. The van der Waals surface area contributed by atoms with Crippen molar-refractivity contribution in [1.82, 2.24) is 15.2 Å². The van der Waals surface area contributed by atoms with Crippen LogP contribution >= 0.6 is 0 Å². The molecule has 2 atom stereocenters. The van der Waals surface area contributed by atoms with Crippen LogP contribution in [0.1, 0.15) is 62.0 Å². The number of rotatable bonds is 10. The van der Waals surface area contributed by atoms with Crippen molar-refractivity contribution in [3.63, 3.8) is 0 Å². The monoisotopic (exact) mass is 517 g/mol. The van der Waals surface area contributed by atoms with Gasteiger partial charge >= 0.3 is 0 Å². The van der Waals surface area contributed by atoms with Crippen molar-refractivity contribution in [2.75, 3.05) is 13.1 Å². The Morgan fingerprint density at radius 2 is 1.92 bits per heavy atom. The lowest BCUT2D eigenvalue weighted by Crippen LogP contribution is -2.41. The molecule has 2 unspecified atom stereocenters. The Kier molecular flexibility index (Phi) is 9.10. The van der Waals surface area contributed by atoms with Gasteiger partial charge in [-0.05, 0) is 71.8 Å². The molecule has 2 heterocycles. The summed E-state index contributed by atoms with van der Waals surface area (Å²) in [6, 6.07) is 17.5. The Bertz CT molecular complexity index is 1230. The van der Waals surface area contributed by atoms with Crippen LogP contribution in [0.2, 0.25) is 0 Å². The van der Waals surface area contributed by atoms with Gasteiger partial charge in [-0.15, -0.1) is 0 Å². The Labute approximate surface area is 224 Å². The van der Waals surface area contributed by atoms with E-state index >= 15 is 0 Å². The molecule has 1 aliphatic heterocycles. The Morgan fingerprint density at radius 1 is 1.13 bits per heavy atom. The van der Waals surface area contributed by atoms with Gasteiger partial charge in [0.15, 0.2) is 6.10 Å². The van der Waals surface area contributed by atoms with Gasteiger partial charge in [-0.25, -0.2) is 4.39 Å². The van der Waals surface area contributed by atoms with Crippen LogP contribution in [0.3, 0.4) is 0 Å². The number of carbonyl (C=O) groups excluding carboxylic acids is 2. The normalized spacial score (nSPS) is 15.6. The Morgan fingerprint density at radius 3 is 2.61 bits per heavy atom. The zero-order valence-electron chi connectivity index (χ0n) is 22.3. The van der Waals surface area contributed by atoms with E-state index in [9.17, 15) is 14.0 Å². The van der Waals surface area contributed by atoms with Crippen LogP contribution in [0.4, 0.5) is 4.39 Å². The number of aromatic nitrogens is 1. The second-order valence-electron chi connectivity index (χ2n) is 10.1. The number of hydrogen-bond acceptors (Lipinski definition) is 4. The minimum absolute atomic E-state index is 0.0741. The van der Waals surface area contributed by atoms with E-state index in [1.54, 1.807) is 18.3 Å². The van der Waals surface area contributed by atoms with Crippen molar-refractivity contribution in [3.05, 3.63) is 95.1 Å². The molecule has 0 saturated heterocycles. The summed E-state index contributed by atoms with van der Waals surface area (Å²) >= 11 is 0. The summed E-state index contributed by atoms with van der Waals surface area (Å²) in [7, 11) is 0. The van der Waals surface area contributed by atoms with Gasteiger partial charge in [-0.2, -0.15) is 0 Å². The molecular formula is C31H36FN3O3. The van der Waals surface area contributed by atoms with E-state index in [2.05, 4.69) is 10.3 Å². The van der Waals surface area contributed by atoms with Gasteiger partial charge in [0.2, 0.25) is 5.91 Å². The predicted octanol–water partition coefficient (Wildman–Crippen LogP) is 5.26. The van der Waals surface area contributed by atoms with Crippen LogP contribution < -0.4 is 10.1 Å². The number of hydrogen-bond donors (Lipinski definition) is 1. The fraction of sp³-hybridized carbons (Fsp3) is 0.387. The summed E-state index contributed by atoms with van der Waals surface area (Å²) in [5.74, 6) is 0.381. The van der Waals surface area contributed by atoms with Crippen LogP contribution in [0.15, 0.2) is 66.9 Å². The van der Waals surface area contributed by atoms with E-state index in [1.807, 2.05) is 62.1 Å². The Hall–Kier alpha value is -3.74. The van der Waals surface area contributed by atoms with Crippen LogP contribution in [0, 0.1) is 11.7 Å². The SMILES string of the molecule is CCC(Oc1ccc2c(c1)C(c1ccc(F)cc1)N(C(=O)CC(C)C)CC2)C(=O)NCCc1ccccn1. The van der Waals surface area contributed by atoms with E-state index < -0.39 is 6.10 Å². The van der Waals surface area contributed by atoms with Crippen LogP contribution in [-0.4, -0.2) is 40.9 Å². The topological polar surface area (TPSA) is 71.5 Å². The maximum Gasteiger partial charge on any atom is 0.261 e. The number of benzene rings is 2. The smallest absolute Gasteiger partial charge is 0.261 e. The molecule has 0 aliphatic carbocycles. The standard InChI is InChI=1S/C31H36FN3O3/c1-4-28(31(37)34-17-14-25-7-5-6-16-33-25)38-26-13-10-22-15-18-35(29(36)19-21(2)3)30(27(22)20-26)23-8-11-24(32)12-9-23/h5-13,16,20-21,28,30H,4,14-15,17-19H2,1-3H3,(H,34,37). The lowest BCUT2D eigenvalue weighted by Gasteiger charge is -2.38. The zero-order chi connectivity index (χ0) is 27.1. The molecule has 38 heavy (non-hydrogen) atoms. The van der Waals surface area contributed by atoms with E-state index in [0.29, 0.717) is 38.1 Å². The van der Waals surface area contributed by atoms with Crippen molar-refractivity contribution in [1.29, 1.82) is 0 Å². The molecule has 1 aromatic heterocycles. The minimum atomic E-state index is -0.650. The van der Waals surface area contributed by atoms with Crippen LogP contribution in [0.5, 0.6) is 5.75 Å². The summed E-state index contributed by atoms with van der Waals surface area (Å²) < 4.78 is 19.9. The van der Waals surface area contributed by atoms with Crippen molar-refractivity contribution in [2.24, 2.45) is 5.92 Å². The molecule has 3 aromatic rings. The number of pyridine rings is 1. The summed E-state index contributed by atoms with van der Waals surface area (Å²) in [4.78, 5) is 32.3. The first-order valence-electron chi connectivity index (χ1n) is 13.4. The molecule has 0 bridgehead atoms. The van der Waals surface area contributed by atoms with Crippen molar-refractivity contribution < 1.29 is 18.7 Å². The second-order valence-corrected chi connectivity index (χ2v) is 10.1. The quantitative estimate of drug-likeness (QED) is 0.398. The number of nitrogens with one attached hydrogen (secondary N) is 1. The van der Waals surface area contributed by atoms with E-state index in [-0.39, 0.29) is 29.6 Å². The average Bonchev–Trinajstić information content (AvgIpc) is 2.91. The average molecular weight is 518 g/mol. The summed E-state index contributed by atoms with van der Waals surface area (Å²) in [5, 5.41) is 2.95. The highest BCUT2D eigenvalue weighted by Crippen LogP contribution is 2.38. The largest absolute Gasteiger partial charge is 0.481 e. The first kappa shape index (κ1) is 27.3. The van der Waals surface area contributed by atoms with Gasteiger partial charge in [0, 0.05) is 37.8 Å². The van der Waals surface area contributed by atoms with Gasteiger partial charge in [0.1, 0.15) is 11.6 Å². The highest BCUT2D eigenvalue weighted by atomic mass is 19.1. The molecule has 0 spiro atoms. The second kappa shape index (κ2) is 12.7. The molecule has 0 radical (unpaired) electrons. The third kappa shape index (κ3) is 6.77. The summed E-state index contributed by atoms with van der Waals surface area (Å²) in [5.41, 5.74) is 3.83. The molecule has 4 rings (SSSR count). The summed E-state index contributed by atoms with van der Waals surface area (Å²) in [6.45, 7) is 7.04. The zero-order valence-corrected chi connectivity index (χ0v) is 22.3. The van der Waals surface area contributed by atoms with Gasteiger partial charge in [-0.3, -0.25) is 14.6 Å². The lowest BCUT2D eigenvalue weighted by atomic mass is 9.87. The van der Waals surface area contributed by atoms with Crippen LogP contribution in [0.25, 0.3) is 0 Å². The fourth-order valence-corrected chi connectivity index (χ4v) is 4.87. The number of halogens is 1. The fourth-order valence-electron chi connectivity index (χ4n) is 4.87. The Balaban J connectivity index is 1.54. The molecule has 200 valence electrons. The van der Waals surface area contributed by atoms with E-state index in [1.165, 1.54) is 12.1 Å². The molecule has 7 heteroatoms. The molecule has 2 aromatic carbocycles. The van der Waals surface area contributed by atoms with Gasteiger partial charge < -0.3 is 15.0 Å². The van der Waals surface area contributed by atoms with Gasteiger partial charge in [0.05, 0.1) is 6.04 Å². The van der Waals surface area contributed by atoms with Crippen LogP contribution in [-0.2, 0) is 22.4 Å². The minimum Gasteiger partial charge on any atom is -0.481 e. The molecule has 0 saturated carbocycles. The van der Waals surface area contributed by atoms with Crippen molar-refractivity contribution in [2.45, 2.75) is 58.6 Å². The van der Waals surface area contributed by atoms with Gasteiger partial charge in [0.25, 0.3) is 5.91 Å². The molecule has 1 aliphatic rings. The molecule has 1 N–H and O–H groups in total. The molecular weight excluding hydrogens is 481 g/mol. The number of ether oxygens (including phenoxy) is 1. The van der Waals surface area contributed by atoms with Crippen molar-refractivity contribution in [3.8, 4) is 5.75 Å². The summed E-state index contributed by atoms with van der Waals surface area (Å²) in [6.07, 6.45) is 3.40. The maximum absolute atomic E-state index is 13.7. The van der Waals surface area contributed by atoms with Crippen molar-refractivity contribution >= 4 is 11.8 Å². The highest BCUT2D eigenvalue weighted by Gasteiger charge is 2.33. The third-order valence-electron chi connectivity index (χ3n) is 6.78. The third-order valence-corrected chi connectivity index (χ3v) is 6.78. The number of fused-ring (bicyclic) bond motifs is 1. The predicted molar refractivity (Wildman–Crippen MR) is 145 cm³/mol. The molecule has 2 amide bonds. The van der Waals surface area contributed by atoms with Gasteiger partial charge in [-0.1, -0.05) is 45.0 Å².